The zero-order valence-corrected chi connectivity index (χ0v) is 19.8. The molecule has 0 bridgehead atoms. The molecule has 0 saturated heterocycles. The molecule has 6 nitrogen and oxygen atoms in total. The van der Waals surface area contributed by atoms with Gasteiger partial charge in [0.05, 0.1) is 11.7 Å². The second-order valence-electron chi connectivity index (χ2n) is 8.36. The van der Waals surface area contributed by atoms with E-state index in [9.17, 15) is 9.59 Å². The summed E-state index contributed by atoms with van der Waals surface area (Å²) in [5, 5.41) is 3.22. The fraction of sp³-hybridized carbons (Fsp3) is 0.385. The smallest absolute Gasteiger partial charge is 0.278 e. The first-order valence-corrected chi connectivity index (χ1v) is 11.3. The second-order valence-corrected chi connectivity index (χ2v) is 8.36. The van der Waals surface area contributed by atoms with Crippen molar-refractivity contribution in [3.8, 4) is 5.75 Å². The molecule has 1 heterocycles. The molecule has 0 aromatic heterocycles. The fourth-order valence-corrected chi connectivity index (χ4v) is 3.86. The summed E-state index contributed by atoms with van der Waals surface area (Å²) in [6, 6.07) is 15.0. The Bertz CT molecular complexity index is 988. The van der Waals surface area contributed by atoms with Gasteiger partial charge in [-0.1, -0.05) is 12.1 Å². The lowest BCUT2D eigenvalue weighted by atomic mass is 10.0. The van der Waals surface area contributed by atoms with Crippen LogP contribution in [0.1, 0.15) is 47.1 Å². The van der Waals surface area contributed by atoms with Crippen molar-refractivity contribution < 1.29 is 14.3 Å². The number of nitrogens with one attached hydrogen (secondary N) is 1. The Balaban J connectivity index is 1.97. The summed E-state index contributed by atoms with van der Waals surface area (Å²) >= 11 is 0. The van der Waals surface area contributed by atoms with Crippen molar-refractivity contribution >= 4 is 28.8 Å². The van der Waals surface area contributed by atoms with E-state index in [1.165, 1.54) is 4.90 Å². The van der Waals surface area contributed by atoms with E-state index in [2.05, 4.69) is 24.1 Å². The maximum Gasteiger partial charge on any atom is 0.278 e. The van der Waals surface area contributed by atoms with Gasteiger partial charge < -0.3 is 15.0 Å². The molecule has 0 unspecified atom stereocenters. The van der Waals surface area contributed by atoms with Gasteiger partial charge in [-0.25, -0.2) is 0 Å². The van der Waals surface area contributed by atoms with Crippen molar-refractivity contribution in [1.82, 2.24) is 4.90 Å². The first-order chi connectivity index (χ1) is 15.3. The van der Waals surface area contributed by atoms with Gasteiger partial charge in [-0.05, 0) is 83.5 Å². The van der Waals surface area contributed by atoms with Crippen molar-refractivity contribution in [2.24, 2.45) is 0 Å². The van der Waals surface area contributed by atoms with Gasteiger partial charge in [0.2, 0.25) is 0 Å². The molecule has 1 aliphatic heterocycles. The highest BCUT2D eigenvalue weighted by atomic mass is 16.5. The van der Waals surface area contributed by atoms with Gasteiger partial charge in [0, 0.05) is 30.5 Å². The van der Waals surface area contributed by atoms with E-state index in [4.69, 9.17) is 4.74 Å². The minimum Gasteiger partial charge on any atom is -0.491 e. The van der Waals surface area contributed by atoms with E-state index < -0.39 is 0 Å². The molecule has 170 valence electrons. The summed E-state index contributed by atoms with van der Waals surface area (Å²) in [5.41, 5.74) is 3.25. The second kappa shape index (κ2) is 9.90. The lowest BCUT2D eigenvalue weighted by Gasteiger charge is -2.21. The molecule has 2 amide bonds. The molecule has 0 atom stereocenters. The van der Waals surface area contributed by atoms with Crippen LogP contribution in [0, 0.1) is 0 Å². The molecule has 0 radical (unpaired) electrons. The van der Waals surface area contributed by atoms with Crippen molar-refractivity contribution in [1.29, 1.82) is 0 Å². The number of ether oxygens (including phenoxy) is 1. The van der Waals surface area contributed by atoms with Crippen molar-refractivity contribution in [2.75, 3.05) is 23.3 Å². The van der Waals surface area contributed by atoms with Crippen LogP contribution >= 0.6 is 0 Å². The zero-order chi connectivity index (χ0) is 23.4. The van der Waals surface area contributed by atoms with Crippen LogP contribution in [0.3, 0.4) is 0 Å². The van der Waals surface area contributed by atoms with Crippen LogP contribution in [0.2, 0.25) is 0 Å². The number of carbonyl (C=O) groups excluding carboxylic acids is 2. The normalized spacial score (nSPS) is 14.1. The van der Waals surface area contributed by atoms with Gasteiger partial charge in [-0.15, -0.1) is 0 Å². The van der Waals surface area contributed by atoms with Crippen LogP contribution in [0.4, 0.5) is 11.4 Å². The third kappa shape index (κ3) is 4.79. The predicted octanol–water partition coefficient (Wildman–Crippen LogP) is 4.92. The lowest BCUT2D eigenvalue weighted by molar-refractivity contribution is -0.138. The molecule has 3 rings (SSSR count). The first-order valence-electron chi connectivity index (χ1n) is 11.3. The summed E-state index contributed by atoms with van der Waals surface area (Å²) in [7, 11) is 0. The average Bonchev–Trinajstić information content (AvgIpc) is 3.00. The summed E-state index contributed by atoms with van der Waals surface area (Å²) in [6.45, 7) is 13.7. The molecule has 1 N–H and O–H groups in total. The number of benzene rings is 2. The Labute approximate surface area is 190 Å². The third-order valence-corrected chi connectivity index (χ3v) is 5.41. The van der Waals surface area contributed by atoms with Gasteiger partial charge >= 0.3 is 0 Å². The number of anilines is 2. The summed E-state index contributed by atoms with van der Waals surface area (Å²) in [6.07, 6.45) is 0.0581. The molecule has 0 aliphatic carbocycles. The van der Waals surface area contributed by atoms with Crippen LogP contribution < -0.4 is 15.0 Å². The van der Waals surface area contributed by atoms with E-state index in [0.29, 0.717) is 16.8 Å². The third-order valence-electron chi connectivity index (χ3n) is 5.41. The SMILES string of the molecule is CCN(CC)c1ccc(NC2=C(c3ccc(OC(C)C)cc3)C(=O)N(C(C)C)C2=O)cc1. The highest BCUT2D eigenvalue weighted by Crippen LogP contribution is 2.33. The molecule has 6 heteroatoms. The Morgan fingerprint density at radius 2 is 1.47 bits per heavy atom. The highest BCUT2D eigenvalue weighted by molar-refractivity contribution is 6.36. The first kappa shape index (κ1) is 23.4. The van der Waals surface area contributed by atoms with Crippen LogP contribution in [0.25, 0.3) is 5.57 Å². The van der Waals surface area contributed by atoms with Crippen molar-refractivity contribution in [3.63, 3.8) is 0 Å². The van der Waals surface area contributed by atoms with Gasteiger partial charge in [0.25, 0.3) is 11.8 Å². The minimum atomic E-state index is -0.310. The lowest BCUT2D eigenvalue weighted by Crippen LogP contribution is -2.38. The number of amides is 2. The van der Waals surface area contributed by atoms with Crippen LogP contribution in [-0.2, 0) is 9.59 Å². The summed E-state index contributed by atoms with van der Waals surface area (Å²) in [4.78, 5) is 29.9. The largest absolute Gasteiger partial charge is 0.491 e. The van der Waals surface area contributed by atoms with Gasteiger partial charge in [-0.3, -0.25) is 14.5 Å². The molecular formula is C26H33N3O3. The average molecular weight is 436 g/mol. The fourth-order valence-electron chi connectivity index (χ4n) is 3.86. The topological polar surface area (TPSA) is 61.9 Å². The number of imide groups is 1. The molecule has 0 fully saturated rings. The zero-order valence-electron chi connectivity index (χ0n) is 19.8. The predicted molar refractivity (Wildman–Crippen MR) is 130 cm³/mol. The minimum absolute atomic E-state index is 0.0581. The van der Waals surface area contributed by atoms with E-state index in [1.807, 2.05) is 76.2 Å². The molecule has 2 aromatic rings. The molecular weight excluding hydrogens is 402 g/mol. The number of nitrogens with zero attached hydrogens (tertiary/aromatic N) is 2. The maximum atomic E-state index is 13.2. The van der Waals surface area contributed by atoms with Crippen LogP contribution in [0.15, 0.2) is 54.2 Å². The number of rotatable bonds is 9. The van der Waals surface area contributed by atoms with Crippen LogP contribution in [-0.4, -0.2) is 41.9 Å². The maximum absolute atomic E-state index is 13.2. The van der Waals surface area contributed by atoms with Gasteiger partial charge in [0.15, 0.2) is 0 Å². The Kier molecular flexibility index (Phi) is 7.23. The van der Waals surface area contributed by atoms with E-state index >= 15 is 0 Å². The van der Waals surface area contributed by atoms with E-state index in [-0.39, 0.29) is 24.0 Å². The molecule has 32 heavy (non-hydrogen) atoms. The van der Waals surface area contributed by atoms with Crippen molar-refractivity contribution in [3.05, 3.63) is 59.8 Å². The van der Waals surface area contributed by atoms with Crippen molar-refractivity contribution in [2.45, 2.75) is 53.7 Å². The molecule has 0 spiro atoms. The molecule has 1 aliphatic rings. The van der Waals surface area contributed by atoms with E-state index in [1.54, 1.807) is 0 Å². The number of hydrogen-bond acceptors (Lipinski definition) is 5. The highest BCUT2D eigenvalue weighted by Gasteiger charge is 2.40. The number of hydrogen-bond donors (Lipinski definition) is 1. The van der Waals surface area contributed by atoms with Gasteiger partial charge in [-0.2, -0.15) is 0 Å². The summed E-state index contributed by atoms with van der Waals surface area (Å²) in [5.74, 6) is 0.128. The summed E-state index contributed by atoms with van der Waals surface area (Å²) < 4.78 is 5.71. The molecule has 0 saturated carbocycles. The molecule has 2 aromatic carbocycles. The Morgan fingerprint density at radius 3 is 1.97 bits per heavy atom. The van der Waals surface area contributed by atoms with Gasteiger partial charge in [0.1, 0.15) is 11.4 Å². The Hall–Kier alpha value is -3.28. The van der Waals surface area contributed by atoms with E-state index in [0.717, 1.165) is 30.2 Å². The van der Waals surface area contributed by atoms with Crippen LogP contribution in [0.5, 0.6) is 5.75 Å². The number of carbonyl (C=O) groups is 2. The monoisotopic (exact) mass is 435 g/mol. The standard InChI is InChI=1S/C26H33N3O3/c1-7-28(8-2)21-13-11-20(12-14-21)27-24-23(25(30)29(17(3)4)26(24)31)19-9-15-22(16-10-19)32-18(5)6/h9-18,27H,7-8H2,1-6H3. The Morgan fingerprint density at radius 1 is 0.875 bits per heavy atom. The quantitative estimate of drug-likeness (QED) is 0.567.